The molecule has 1 rings (SSSR count). The first-order valence-electron chi connectivity index (χ1n) is 5.59. The second-order valence-electron chi connectivity index (χ2n) is 4.42. The maximum Gasteiger partial charge on any atom is 0.0338 e. The smallest absolute Gasteiger partial charge is 0.0338 e. The molecule has 0 aliphatic carbocycles. The van der Waals surface area contributed by atoms with E-state index in [1.807, 2.05) is 0 Å². The van der Waals surface area contributed by atoms with Gasteiger partial charge in [0, 0.05) is 18.0 Å². The lowest BCUT2D eigenvalue weighted by Gasteiger charge is -2.42. The lowest BCUT2D eigenvalue weighted by molar-refractivity contribution is 0.102. The van der Waals surface area contributed by atoms with Gasteiger partial charge >= 0.3 is 0 Å². The van der Waals surface area contributed by atoms with E-state index in [-0.39, 0.29) is 11.6 Å². The summed E-state index contributed by atoms with van der Waals surface area (Å²) in [5.74, 6) is 2.68. The first-order valence-corrected chi connectivity index (χ1v) is 5.59. The standard InChI is InChI=1S/C12H22N2/c1-4-8-11(13)12(3,5-2)14-9-6-7-10-14/h1,11H,5-10,13H2,2-3H3. The molecule has 0 spiro atoms. The highest BCUT2D eigenvalue weighted by Crippen LogP contribution is 2.28. The number of nitrogens with zero attached hydrogens (tertiary/aromatic N) is 1. The predicted octanol–water partition coefficient (Wildman–Crippen LogP) is 1.60. The van der Waals surface area contributed by atoms with Crippen molar-refractivity contribution in [3.8, 4) is 12.3 Å². The van der Waals surface area contributed by atoms with Crippen molar-refractivity contribution >= 4 is 0 Å². The van der Waals surface area contributed by atoms with Crippen molar-refractivity contribution in [3.63, 3.8) is 0 Å². The van der Waals surface area contributed by atoms with Gasteiger partial charge in [-0.2, -0.15) is 0 Å². The first kappa shape index (κ1) is 11.6. The molecule has 0 amide bonds. The molecule has 1 aliphatic heterocycles. The van der Waals surface area contributed by atoms with E-state index in [0.29, 0.717) is 6.42 Å². The summed E-state index contributed by atoms with van der Waals surface area (Å²) in [4.78, 5) is 2.51. The summed E-state index contributed by atoms with van der Waals surface area (Å²) in [5.41, 5.74) is 6.27. The topological polar surface area (TPSA) is 29.3 Å². The van der Waals surface area contributed by atoms with Crippen molar-refractivity contribution in [2.75, 3.05) is 13.1 Å². The highest BCUT2D eigenvalue weighted by molar-refractivity contribution is 5.02. The van der Waals surface area contributed by atoms with E-state index in [1.165, 1.54) is 25.9 Å². The van der Waals surface area contributed by atoms with Crippen LogP contribution >= 0.6 is 0 Å². The van der Waals surface area contributed by atoms with Crippen LogP contribution in [0, 0.1) is 12.3 Å². The second kappa shape index (κ2) is 4.82. The van der Waals surface area contributed by atoms with Crippen LogP contribution in [-0.2, 0) is 0 Å². The lowest BCUT2D eigenvalue weighted by Crippen LogP contribution is -2.56. The SMILES string of the molecule is C#CCC(N)C(C)(CC)N1CCCC1. The molecule has 1 heterocycles. The molecule has 2 heteroatoms. The fourth-order valence-electron chi connectivity index (χ4n) is 2.30. The average Bonchev–Trinajstić information content (AvgIpc) is 2.70. The summed E-state index contributed by atoms with van der Waals surface area (Å²) in [6, 6.07) is 0.107. The predicted molar refractivity (Wildman–Crippen MR) is 60.9 cm³/mol. The molecule has 0 aromatic heterocycles. The minimum Gasteiger partial charge on any atom is -0.325 e. The Morgan fingerprint density at radius 1 is 1.50 bits per heavy atom. The van der Waals surface area contributed by atoms with Gasteiger partial charge in [0.15, 0.2) is 0 Å². The fourth-order valence-corrected chi connectivity index (χ4v) is 2.30. The zero-order valence-electron chi connectivity index (χ0n) is 9.42. The van der Waals surface area contributed by atoms with Crippen molar-refractivity contribution in [1.82, 2.24) is 4.90 Å². The fraction of sp³-hybridized carbons (Fsp3) is 0.833. The third kappa shape index (κ3) is 2.10. The molecule has 80 valence electrons. The van der Waals surface area contributed by atoms with Crippen LogP contribution in [0.5, 0.6) is 0 Å². The van der Waals surface area contributed by atoms with Gasteiger partial charge in [0.2, 0.25) is 0 Å². The van der Waals surface area contributed by atoms with Crippen LogP contribution in [0.3, 0.4) is 0 Å². The molecule has 2 nitrogen and oxygen atoms in total. The molecular formula is C12H22N2. The average molecular weight is 194 g/mol. The Labute approximate surface area is 87.8 Å². The van der Waals surface area contributed by atoms with Crippen LogP contribution in [0.15, 0.2) is 0 Å². The maximum atomic E-state index is 6.17. The molecule has 0 aromatic rings. The molecule has 2 atom stereocenters. The number of likely N-dealkylation sites (tertiary alicyclic amines) is 1. The Bertz CT molecular complexity index is 213. The van der Waals surface area contributed by atoms with Gasteiger partial charge in [0.1, 0.15) is 0 Å². The highest BCUT2D eigenvalue weighted by Gasteiger charge is 2.36. The summed E-state index contributed by atoms with van der Waals surface area (Å²) >= 11 is 0. The van der Waals surface area contributed by atoms with Crippen LogP contribution in [-0.4, -0.2) is 29.6 Å². The molecule has 1 saturated heterocycles. The van der Waals surface area contributed by atoms with E-state index in [9.17, 15) is 0 Å². The Kier molecular flexibility index (Phi) is 3.97. The van der Waals surface area contributed by atoms with Crippen molar-refractivity contribution in [2.45, 2.75) is 51.1 Å². The normalized spacial score (nSPS) is 24.1. The van der Waals surface area contributed by atoms with E-state index in [4.69, 9.17) is 12.2 Å². The zero-order valence-corrected chi connectivity index (χ0v) is 9.42. The van der Waals surface area contributed by atoms with E-state index in [0.717, 1.165) is 6.42 Å². The van der Waals surface area contributed by atoms with Gasteiger partial charge < -0.3 is 5.73 Å². The summed E-state index contributed by atoms with van der Waals surface area (Å²) in [6.45, 7) is 6.82. The van der Waals surface area contributed by atoms with Crippen LogP contribution in [0.4, 0.5) is 0 Å². The Balaban J connectivity index is 2.68. The van der Waals surface area contributed by atoms with Gasteiger partial charge in [0.25, 0.3) is 0 Å². The summed E-state index contributed by atoms with van der Waals surface area (Å²) in [7, 11) is 0. The number of hydrogen-bond acceptors (Lipinski definition) is 2. The number of terminal acetylenes is 1. The van der Waals surface area contributed by atoms with Gasteiger partial charge in [0.05, 0.1) is 0 Å². The number of rotatable bonds is 4. The summed E-state index contributed by atoms with van der Waals surface area (Å²) < 4.78 is 0. The maximum absolute atomic E-state index is 6.17. The van der Waals surface area contributed by atoms with Crippen LogP contribution in [0.1, 0.15) is 39.5 Å². The Morgan fingerprint density at radius 2 is 2.07 bits per heavy atom. The van der Waals surface area contributed by atoms with Crippen LogP contribution in [0.25, 0.3) is 0 Å². The molecule has 2 unspecified atom stereocenters. The van der Waals surface area contributed by atoms with Crippen LogP contribution < -0.4 is 5.73 Å². The van der Waals surface area contributed by atoms with Crippen molar-refractivity contribution < 1.29 is 0 Å². The van der Waals surface area contributed by atoms with Crippen molar-refractivity contribution in [1.29, 1.82) is 0 Å². The van der Waals surface area contributed by atoms with E-state index >= 15 is 0 Å². The molecular weight excluding hydrogens is 172 g/mol. The quantitative estimate of drug-likeness (QED) is 0.689. The minimum atomic E-state index is 0.100. The third-order valence-electron chi connectivity index (χ3n) is 3.68. The highest BCUT2D eigenvalue weighted by atomic mass is 15.2. The van der Waals surface area contributed by atoms with Crippen LogP contribution in [0.2, 0.25) is 0 Å². The van der Waals surface area contributed by atoms with Gasteiger partial charge in [-0.05, 0) is 39.3 Å². The summed E-state index contributed by atoms with van der Waals surface area (Å²) in [6.07, 6.45) is 9.70. The molecule has 0 saturated carbocycles. The molecule has 0 radical (unpaired) electrons. The molecule has 0 bridgehead atoms. The Hall–Kier alpha value is -0.520. The molecule has 0 aromatic carbocycles. The van der Waals surface area contributed by atoms with Crippen molar-refractivity contribution in [2.24, 2.45) is 5.73 Å². The minimum absolute atomic E-state index is 0.100. The van der Waals surface area contributed by atoms with E-state index in [2.05, 4.69) is 24.7 Å². The molecule has 1 aliphatic rings. The monoisotopic (exact) mass is 194 g/mol. The molecule has 1 fully saturated rings. The Morgan fingerprint density at radius 3 is 2.50 bits per heavy atom. The molecule has 14 heavy (non-hydrogen) atoms. The number of nitrogens with two attached hydrogens (primary N) is 1. The van der Waals surface area contributed by atoms with E-state index in [1.54, 1.807) is 0 Å². The number of hydrogen-bond donors (Lipinski definition) is 1. The van der Waals surface area contributed by atoms with Gasteiger partial charge in [-0.3, -0.25) is 4.90 Å². The van der Waals surface area contributed by atoms with Crippen molar-refractivity contribution in [3.05, 3.63) is 0 Å². The molecule has 2 N–H and O–H groups in total. The third-order valence-corrected chi connectivity index (χ3v) is 3.68. The first-order chi connectivity index (χ1) is 6.65. The largest absolute Gasteiger partial charge is 0.325 e. The van der Waals surface area contributed by atoms with Gasteiger partial charge in [-0.1, -0.05) is 6.92 Å². The summed E-state index contributed by atoms with van der Waals surface area (Å²) in [5, 5.41) is 0. The van der Waals surface area contributed by atoms with Gasteiger partial charge in [-0.15, -0.1) is 12.3 Å². The second-order valence-corrected chi connectivity index (χ2v) is 4.42. The zero-order chi connectivity index (χ0) is 10.6. The lowest BCUT2D eigenvalue weighted by atomic mass is 9.86. The van der Waals surface area contributed by atoms with Gasteiger partial charge in [-0.25, -0.2) is 0 Å². The van der Waals surface area contributed by atoms with E-state index < -0.39 is 0 Å².